The lowest BCUT2D eigenvalue weighted by Gasteiger charge is -2.10. The van der Waals surface area contributed by atoms with Gasteiger partial charge in [0.15, 0.2) is 9.84 Å². The Labute approximate surface area is 127 Å². The summed E-state index contributed by atoms with van der Waals surface area (Å²) in [5, 5.41) is 2.70. The molecule has 1 aliphatic rings. The molecule has 1 aromatic rings. The Morgan fingerprint density at radius 3 is 2.55 bits per heavy atom. The van der Waals surface area contributed by atoms with Gasteiger partial charge in [-0.05, 0) is 30.5 Å². The summed E-state index contributed by atoms with van der Waals surface area (Å²) in [7, 11) is -3.07. The smallest absolute Gasteiger partial charge is 0.387 e. The van der Waals surface area contributed by atoms with Crippen molar-refractivity contribution in [3.8, 4) is 5.75 Å². The number of alkyl halides is 2. The SMILES string of the molecule is O=C(NCCc1ccc(OC(F)F)cc1)C1CCS(=O)(=O)C1. The highest BCUT2D eigenvalue weighted by molar-refractivity contribution is 7.91. The summed E-state index contributed by atoms with van der Waals surface area (Å²) < 4.78 is 50.9. The van der Waals surface area contributed by atoms with Crippen LogP contribution in [0.1, 0.15) is 12.0 Å². The van der Waals surface area contributed by atoms with E-state index in [-0.39, 0.29) is 23.2 Å². The highest BCUT2D eigenvalue weighted by atomic mass is 32.2. The van der Waals surface area contributed by atoms with Crippen LogP contribution in [0.25, 0.3) is 0 Å². The van der Waals surface area contributed by atoms with Gasteiger partial charge in [0.1, 0.15) is 5.75 Å². The minimum Gasteiger partial charge on any atom is -0.435 e. The second kappa shape index (κ2) is 7.04. The van der Waals surface area contributed by atoms with Crippen molar-refractivity contribution in [2.45, 2.75) is 19.5 Å². The fourth-order valence-electron chi connectivity index (χ4n) is 2.31. The molecule has 0 bridgehead atoms. The standard InChI is InChI=1S/C14H17F2NO4S/c15-14(16)21-12-3-1-10(2-4-12)5-7-17-13(18)11-6-8-22(19,20)9-11/h1-4,11,14H,5-9H2,(H,17,18). The lowest BCUT2D eigenvalue weighted by Crippen LogP contribution is -2.32. The van der Waals surface area contributed by atoms with Crippen molar-refractivity contribution in [2.75, 3.05) is 18.1 Å². The van der Waals surface area contributed by atoms with Crippen molar-refractivity contribution in [2.24, 2.45) is 5.92 Å². The lowest BCUT2D eigenvalue weighted by molar-refractivity contribution is -0.124. The fraction of sp³-hybridized carbons (Fsp3) is 0.500. The number of amides is 1. The van der Waals surface area contributed by atoms with Gasteiger partial charge in [-0.2, -0.15) is 8.78 Å². The van der Waals surface area contributed by atoms with Crippen LogP contribution in [-0.4, -0.2) is 39.0 Å². The van der Waals surface area contributed by atoms with Crippen molar-refractivity contribution >= 4 is 15.7 Å². The van der Waals surface area contributed by atoms with Crippen LogP contribution in [0.3, 0.4) is 0 Å². The number of carbonyl (C=O) groups excluding carboxylic acids is 1. The Morgan fingerprint density at radius 2 is 2.00 bits per heavy atom. The third-order valence-corrected chi connectivity index (χ3v) is 5.23. The van der Waals surface area contributed by atoms with Crippen LogP contribution in [-0.2, 0) is 21.1 Å². The number of ether oxygens (including phenoxy) is 1. The van der Waals surface area contributed by atoms with E-state index in [4.69, 9.17) is 0 Å². The Balaban J connectivity index is 1.75. The van der Waals surface area contributed by atoms with Crippen LogP contribution >= 0.6 is 0 Å². The van der Waals surface area contributed by atoms with E-state index in [1.54, 1.807) is 12.1 Å². The average Bonchev–Trinajstić information content (AvgIpc) is 2.80. The van der Waals surface area contributed by atoms with Crippen molar-refractivity contribution in [1.29, 1.82) is 0 Å². The second-order valence-electron chi connectivity index (χ2n) is 5.16. The van der Waals surface area contributed by atoms with E-state index in [0.717, 1.165) is 5.56 Å². The highest BCUT2D eigenvalue weighted by Crippen LogP contribution is 2.18. The zero-order valence-electron chi connectivity index (χ0n) is 11.8. The van der Waals surface area contributed by atoms with Crippen molar-refractivity contribution < 1.29 is 26.7 Å². The van der Waals surface area contributed by atoms with Crippen molar-refractivity contribution in [3.63, 3.8) is 0 Å². The third-order valence-electron chi connectivity index (χ3n) is 3.46. The molecule has 1 atom stereocenters. The summed E-state index contributed by atoms with van der Waals surface area (Å²) in [6.45, 7) is -2.49. The van der Waals surface area contributed by atoms with Gasteiger partial charge in [-0.1, -0.05) is 12.1 Å². The van der Waals surface area contributed by atoms with Crippen LogP contribution in [0.2, 0.25) is 0 Å². The lowest BCUT2D eigenvalue weighted by atomic mass is 10.1. The van der Waals surface area contributed by atoms with Gasteiger partial charge in [-0.15, -0.1) is 0 Å². The van der Waals surface area contributed by atoms with Crippen LogP contribution in [0.5, 0.6) is 5.75 Å². The molecule has 1 fully saturated rings. The molecule has 0 aromatic heterocycles. The summed E-state index contributed by atoms with van der Waals surface area (Å²) >= 11 is 0. The Morgan fingerprint density at radius 1 is 1.32 bits per heavy atom. The van der Waals surface area contributed by atoms with Gasteiger partial charge in [0.25, 0.3) is 0 Å². The fourth-order valence-corrected chi connectivity index (χ4v) is 4.06. The second-order valence-corrected chi connectivity index (χ2v) is 7.39. The first-order valence-corrected chi connectivity index (χ1v) is 8.70. The molecule has 1 aromatic carbocycles. The van der Waals surface area contributed by atoms with Gasteiger partial charge in [-0.3, -0.25) is 4.79 Å². The van der Waals surface area contributed by atoms with E-state index in [9.17, 15) is 22.0 Å². The number of benzene rings is 1. The number of nitrogens with one attached hydrogen (secondary N) is 1. The minimum atomic E-state index is -3.07. The van der Waals surface area contributed by atoms with Crippen LogP contribution in [0, 0.1) is 5.92 Å². The van der Waals surface area contributed by atoms with E-state index in [1.165, 1.54) is 12.1 Å². The molecule has 0 radical (unpaired) electrons. The monoisotopic (exact) mass is 333 g/mol. The first kappa shape index (κ1) is 16.7. The summed E-state index contributed by atoms with van der Waals surface area (Å²) in [4.78, 5) is 11.8. The number of halogens is 2. The van der Waals surface area contributed by atoms with Crippen molar-refractivity contribution in [1.82, 2.24) is 5.32 Å². The summed E-state index contributed by atoms with van der Waals surface area (Å²) in [5.41, 5.74) is 0.862. The zero-order chi connectivity index (χ0) is 16.2. The van der Waals surface area contributed by atoms with Crippen molar-refractivity contribution in [3.05, 3.63) is 29.8 Å². The Hall–Kier alpha value is -1.70. The van der Waals surface area contributed by atoms with E-state index >= 15 is 0 Å². The van der Waals surface area contributed by atoms with Crippen LogP contribution in [0.4, 0.5) is 8.78 Å². The molecule has 1 N–H and O–H groups in total. The number of sulfone groups is 1. The average molecular weight is 333 g/mol. The number of rotatable bonds is 6. The van der Waals surface area contributed by atoms with E-state index < -0.39 is 22.4 Å². The predicted molar refractivity (Wildman–Crippen MR) is 76.5 cm³/mol. The van der Waals surface area contributed by atoms with Gasteiger partial charge < -0.3 is 10.1 Å². The van der Waals surface area contributed by atoms with Gasteiger partial charge in [0, 0.05) is 6.54 Å². The molecule has 122 valence electrons. The molecule has 1 amide bonds. The molecule has 8 heteroatoms. The molecule has 5 nitrogen and oxygen atoms in total. The number of hydrogen-bond donors (Lipinski definition) is 1. The molecule has 1 aliphatic heterocycles. The summed E-state index contributed by atoms with van der Waals surface area (Å²) in [5.74, 6) is -0.653. The minimum absolute atomic E-state index is 0.0662. The molecule has 22 heavy (non-hydrogen) atoms. The van der Waals surface area contributed by atoms with Gasteiger partial charge in [0.2, 0.25) is 5.91 Å². The summed E-state index contributed by atoms with van der Waals surface area (Å²) in [6, 6.07) is 6.16. The highest BCUT2D eigenvalue weighted by Gasteiger charge is 2.32. The largest absolute Gasteiger partial charge is 0.435 e. The maximum absolute atomic E-state index is 12.0. The molecule has 0 saturated carbocycles. The molecule has 1 saturated heterocycles. The zero-order valence-corrected chi connectivity index (χ0v) is 12.6. The van der Waals surface area contributed by atoms with E-state index in [2.05, 4.69) is 10.1 Å². The number of carbonyl (C=O) groups is 1. The van der Waals surface area contributed by atoms with Gasteiger partial charge >= 0.3 is 6.61 Å². The Bertz CT molecular complexity index is 616. The van der Waals surface area contributed by atoms with E-state index in [0.29, 0.717) is 19.4 Å². The number of hydrogen-bond acceptors (Lipinski definition) is 4. The molecule has 1 unspecified atom stereocenters. The predicted octanol–water partition coefficient (Wildman–Crippen LogP) is 1.38. The molecule has 2 rings (SSSR count). The normalized spacial score (nSPS) is 20.0. The van der Waals surface area contributed by atoms with E-state index in [1.807, 2.05) is 0 Å². The molecule has 0 spiro atoms. The summed E-state index contributed by atoms with van der Waals surface area (Å²) in [6.07, 6.45) is 0.897. The Kier molecular flexibility index (Phi) is 5.33. The van der Waals surface area contributed by atoms with Crippen LogP contribution in [0.15, 0.2) is 24.3 Å². The maximum atomic E-state index is 12.0. The first-order valence-electron chi connectivity index (χ1n) is 6.87. The molecular formula is C14H17F2NO4S. The quantitative estimate of drug-likeness (QED) is 0.854. The maximum Gasteiger partial charge on any atom is 0.387 e. The van der Waals surface area contributed by atoms with Gasteiger partial charge in [0.05, 0.1) is 17.4 Å². The molecular weight excluding hydrogens is 316 g/mol. The first-order chi connectivity index (χ1) is 10.4. The molecule has 1 heterocycles. The molecule has 0 aliphatic carbocycles. The third kappa shape index (κ3) is 4.94. The topological polar surface area (TPSA) is 72.5 Å². The van der Waals surface area contributed by atoms with Gasteiger partial charge in [-0.25, -0.2) is 8.42 Å². The van der Waals surface area contributed by atoms with Crippen LogP contribution < -0.4 is 10.1 Å².